The van der Waals surface area contributed by atoms with Crippen LogP contribution in [0.1, 0.15) is 16.7 Å². The van der Waals surface area contributed by atoms with Crippen LogP contribution in [0.5, 0.6) is 5.75 Å². The van der Waals surface area contributed by atoms with Gasteiger partial charge in [0.05, 0.1) is 11.1 Å². The van der Waals surface area contributed by atoms with Crippen LogP contribution in [-0.4, -0.2) is 40.9 Å². The number of phenols is 1. The molecule has 3 N–H and O–H groups in total. The Morgan fingerprint density at radius 3 is 2.75 bits per heavy atom. The number of nitrogens with zero attached hydrogens (tertiary/aromatic N) is 1. The Morgan fingerprint density at radius 2 is 1.92 bits per heavy atom. The summed E-state index contributed by atoms with van der Waals surface area (Å²) >= 11 is 5.89. The van der Waals surface area contributed by atoms with Crippen LogP contribution in [0, 0.1) is 0 Å². The van der Waals surface area contributed by atoms with Crippen LogP contribution in [0.2, 0.25) is 5.02 Å². The largest absolute Gasteiger partial charge is 0.506 e. The van der Waals surface area contributed by atoms with Crippen molar-refractivity contribution in [2.45, 2.75) is 25.6 Å². The van der Waals surface area contributed by atoms with E-state index in [4.69, 9.17) is 11.6 Å². The van der Waals surface area contributed by atoms with Crippen LogP contribution in [-0.2, 0) is 19.5 Å². The molecule has 0 saturated heterocycles. The fourth-order valence-electron chi connectivity index (χ4n) is 3.15. The Balaban J connectivity index is 1.45. The summed E-state index contributed by atoms with van der Waals surface area (Å²) in [5.74, 6) is 0.105. The van der Waals surface area contributed by atoms with Gasteiger partial charge in [0.25, 0.3) is 0 Å². The Kier molecular flexibility index (Phi) is 5.74. The fourth-order valence-corrected chi connectivity index (χ4v) is 3.34. The smallest absolute Gasteiger partial charge is 0.138 e. The maximum absolute atomic E-state index is 10.3. The molecule has 0 amide bonds. The zero-order chi connectivity index (χ0) is 16.9. The summed E-state index contributed by atoms with van der Waals surface area (Å²) in [6.45, 7) is 3.46. The lowest BCUT2D eigenvalue weighted by Gasteiger charge is -2.30. The SMILES string of the molecule is Oc1c(Cl)cccc1CNCC(O)CN1CCc2ccccc2C1. The number of rotatable bonds is 6. The van der Waals surface area contributed by atoms with E-state index in [1.807, 2.05) is 6.07 Å². The number of phenolic OH excluding ortho intramolecular Hbond substituents is 1. The average Bonchev–Trinajstić information content (AvgIpc) is 2.58. The molecule has 3 rings (SSSR count). The fraction of sp³-hybridized carbons (Fsp3) is 0.368. The summed E-state index contributed by atoms with van der Waals surface area (Å²) in [5.41, 5.74) is 3.51. The zero-order valence-electron chi connectivity index (χ0n) is 13.6. The molecular formula is C19H23ClN2O2. The summed E-state index contributed by atoms with van der Waals surface area (Å²) in [4.78, 5) is 2.28. The van der Waals surface area contributed by atoms with Gasteiger partial charge in [0, 0.05) is 38.3 Å². The maximum Gasteiger partial charge on any atom is 0.138 e. The lowest BCUT2D eigenvalue weighted by Crippen LogP contribution is -2.40. The first-order valence-electron chi connectivity index (χ1n) is 8.28. The van der Waals surface area contributed by atoms with Crippen molar-refractivity contribution in [3.05, 3.63) is 64.2 Å². The number of aromatic hydroxyl groups is 1. The third-order valence-corrected chi connectivity index (χ3v) is 4.75. The third-order valence-electron chi connectivity index (χ3n) is 4.44. The van der Waals surface area contributed by atoms with Crippen LogP contribution >= 0.6 is 11.6 Å². The highest BCUT2D eigenvalue weighted by atomic mass is 35.5. The molecular weight excluding hydrogens is 324 g/mol. The van der Waals surface area contributed by atoms with E-state index in [-0.39, 0.29) is 5.75 Å². The summed E-state index contributed by atoms with van der Waals surface area (Å²) in [6, 6.07) is 13.8. The van der Waals surface area contributed by atoms with E-state index >= 15 is 0 Å². The molecule has 1 aliphatic rings. The highest BCUT2D eigenvalue weighted by Gasteiger charge is 2.18. The highest BCUT2D eigenvalue weighted by molar-refractivity contribution is 6.32. The zero-order valence-corrected chi connectivity index (χ0v) is 14.3. The van der Waals surface area contributed by atoms with Crippen molar-refractivity contribution < 1.29 is 10.2 Å². The number of halogens is 1. The lowest BCUT2D eigenvalue weighted by molar-refractivity contribution is 0.104. The average molecular weight is 347 g/mol. The van der Waals surface area contributed by atoms with Crippen LogP contribution in [0.3, 0.4) is 0 Å². The van der Waals surface area contributed by atoms with Crippen LogP contribution in [0.15, 0.2) is 42.5 Å². The standard InChI is InChI=1S/C19H23ClN2O2/c20-18-7-3-6-15(19(18)24)10-21-11-17(23)13-22-9-8-14-4-1-2-5-16(14)12-22/h1-7,17,21,23-24H,8-13H2. The van der Waals surface area contributed by atoms with Gasteiger partial charge in [-0.05, 0) is 23.6 Å². The Hall–Kier alpha value is -1.59. The lowest BCUT2D eigenvalue weighted by atomic mass is 10.00. The van der Waals surface area contributed by atoms with Crippen LogP contribution in [0.25, 0.3) is 0 Å². The van der Waals surface area contributed by atoms with Gasteiger partial charge in [-0.25, -0.2) is 0 Å². The van der Waals surface area contributed by atoms with Gasteiger partial charge in [-0.2, -0.15) is 0 Å². The minimum atomic E-state index is -0.448. The van der Waals surface area contributed by atoms with Crippen molar-refractivity contribution >= 4 is 11.6 Å². The second kappa shape index (κ2) is 7.99. The molecule has 128 valence electrons. The summed E-state index contributed by atoms with van der Waals surface area (Å²) < 4.78 is 0. The molecule has 0 fully saturated rings. The van der Waals surface area contributed by atoms with E-state index in [1.54, 1.807) is 12.1 Å². The molecule has 1 unspecified atom stereocenters. The highest BCUT2D eigenvalue weighted by Crippen LogP contribution is 2.26. The predicted molar refractivity (Wildman–Crippen MR) is 96.3 cm³/mol. The number of hydrogen-bond acceptors (Lipinski definition) is 4. The van der Waals surface area contributed by atoms with Crippen molar-refractivity contribution in [2.24, 2.45) is 0 Å². The van der Waals surface area contributed by atoms with Crippen molar-refractivity contribution in [1.82, 2.24) is 10.2 Å². The van der Waals surface area contributed by atoms with Crippen molar-refractivity contribution in [2.75, 3.05) is 19.6 Å². The maximum atomic E-state index is 10.3. The van der Waals surface area contributed by atoms with Gasteiger partial charge in [0.1, 0.15) is 5.75 Å². The van der Waals surface area contributed by atoms with E-state index in [2.05, 4.69) is 34.5 Å². The quantitative estimate of drug-likeness (QED) is 0.752. The molecule has 1 atom stereocenters. The van der Waals surface area contributed by atoms with Gasteiger partial charge in [0.2, 0.25) is 0 Å². The molecule has 1 heterocycles. The van der Waals surface area contributed by atoms with Gasteiger partial charge in [0.15, 0.2) is 0 Å². The number of para-hydroxylation sites is 1. The molecule has 24 heavy (non-hydrogen) atoms. The minimum absolute atomic E-state index is 0.105. The molecule has 0 bridgehead atoms. The van der Waals surface area contributed by atoms with E-state index in [0.29, 0.717) is 24.7 Å². The number of hydrogen-bond donors (Lipinski definition) is 3. The number of benzene rings is 2. The molecule has 2 aromatic carbocycles. The van der Waals surface area contributed by atoms with Crippen LogP contribution in [0.4, 0.5) is 0 Å². The second-order valence-electron chi connectivity index (χ2n) is 6.29. The molecule has 0 radical (unpaired) electrons. The number of aliphatic hydroxyl groups is 1. The van der Waals surface area contributed by atoms with E-state index in [9.17, 15) is 10.2 Å². The topological polar surface area (TPSA) is 55.7 Å². The van der Waals surface area contributed by atoms with Gasteiger partial charge in [-0.15, -0.1) is 0 Å². The van der Waals surface area contributed by atoms with E-state index < -0.39 is 6.10 Å². The molecule has 5 heteroatoms. The summed E-state index contributed by atoms with van der Waals surface area (Å²) in [6.07, 6.45) is 0.587. The van der Waals surface area contributed by atoms with Gasteiger partial charge in [-0.1, -0.05) is 48.0 Å². The normalized spacial score (nSPS) is 15.9. The first kappa shape index (κ1) is 17.2. The number of β-amino-alcohol motifs (C(OH)–C–C–N with tert-alkyl or cyclic N) is 1. The third kappa shape index (κ3) is 4.28. The molecule has 0 aromatic heterocycles. The second-order valence-corrected chi connectivity index (χ2v) is 6.69. The van der Waals surface area contributed by atoms with Crippen molar-refractivity contribution in [1.29, 1.82) is 0 Å². The molecule has 0 aliphatic carbocycles. The summed E-state index contributed by atoms with van der Waals surface area (Å²) in [5, 5.41) is 23.7. The van der Waals surface area contributed by atoms with Crippen molar-refractivity contribution in [3.63, 3.8) is 0 Å². The first-order valence-corrected chi connectivity index (χ1v) is 8.65. The molecule has 4 nitrogen and oxygen atoms in total. The number of nitrogens with one attached hydrogen (secondary N) is 1. The Morgan fingerprint density at radius 1 is 1.12 bits per heavy atom. The monoisotopic (exact) mass is 346 g/mol. The predicted octanol–water partition coefficient (Wildman–Crippen LogP) is 2.55. The molecule has 2 aromatic rings. The van der Waals surface area contributed by atoms with Crippen molar-refractivity contribution in [3.8, 4) is 5.75 Å². The van der Waals surface area contributed by atoms with E-state index in [1.165, 1.54) is 11.1 Å². The Bertz CT molecular complexity index is 693. The van der Waals surface area contributed by atoms with Gasteiger partial charge >= 0.3 is 0 Å². The Labute approximate surface area is 147 Å². The molecule has 0 spiro atoms. The molecule has 1 aliphatic heterocycles. The van der Waals surface area contributed by atoms with Crippen LogP contribution < -0.4 is 5.32 Å². The minimum Gasteiger partial charge on any atom is -0.506 e. The van der Waals surface area contributed by atoms with E-state index in [0.717, 1.165) is 25.1 Å². The number of aliphatic hydroxyl groups excluding tert-OH is 1. The first-order chi connectivity index (χ1) is 11.6. The summed E-state index contributed by atoms with van der Waals surface area (Å²) in [7, 11) is 0. The van der Waals surface area contributed by atoms with Gasteiger partial charge in [-0.3, -0.25) is 4.90 Å². The number of fused-ring (bicyclic) bond motifs is 1. The van der Waals surface area contributed by atoms with Gasteiger partial charge < -0.3 is 15.5 Å². The molecule has 0 saturated carbocycles.